The summed E-state index contributed by atoms with van der Waals surface area (Å²) in [5.74, 6) is -0.989. The van der Waals surface area contributed by atoms with Crippen LogP contribution in [0, 0.1) is 0 Å². The van der Waals surface area contributed by atoms with Crippen molar-refractivity contribution in [1.29, 1.82) is 0 Å². The van der Waals surface area contributed by atoms with Gasteiger partial charge in [0.25, 0.3) is 0 Å². The molecule has 5 nitrogen and oxygen atoms in total. The summed E-state index contributed by atoms with van der Waals surface area (Å²) in [5.41, 5.74) is -0.104. The molecular weight excluding hydrogens is 278 g/mol. The summed E-state index contributed by atoms with van der Waals surface area (Å²) in [6.07, 6.45) is 1.37. The first kappa shape index (κ1) is 14.9. The molecule has 0 saturated carbocycles. The average Bonchev–Trinajstić information content (AvgIpc) is 2.22. The van der Waals surface area contributed by atoms with Crippen molar-refractivity contribution in [1.82, 2.24) is 0 Å². The van der Waals surface area contributed by atoms with Crippen molar-refractivity contribution in [3.63, 3.8) is 0 Å². The molecule has 0 saturated heterocycles. The summed E-state index contributed by atoms with van der Waals surface area (Å²) in [6.45, 7) is 5.82. The Morgan fingerprint density at radius 3 is 2.56 bits per heavy atom. The molecule has 0 spiro atoms. The SMILES string of the molecule is C=C(Br)C(=N/C(=C\C)C(=O)O)OCCOC. The maximum absolute atomic E-state index is 10.7. The van der Waals surface area contributed by atoms with E-state index in [2.05, 4.69) is 27.5 Å². The number of ether oxygens (including phenoxy) is 2. The molecule has 0 amide bonds. The first-order valence-electron chi connectivity index (χ1n) is 4.47. The molecule has 0 fully saturated rings. The highest BCUT2D eigenvalue weighted by Crippen LogP contribution is 2.09. The highest BCUT2D eigenvalue weighted by molar-refractivity contribution is 9.12. The molecule has 0 bridgehead atoms. The number of aliphatic carboxylic acids is 1. The van der Waals surface area contributed by atoms with Crippen LogP contribution in [0.25, 0.3) is 0 Å². The van der Waals surface area contributed by atoms with Gasteiger partial charge in [-0.25, -0.2) is 9.79 Å². The van der Waals surface area contributed by atoms with Crippen molar-refractivity contribution in [2.24, 2.45) is 4.99 Å². The Bertz CT molecular complexity index is 323. The van der Waals surface area contributed by atoms with Crippen LogP contribution < -0.4 is 0 Å². The van der Waals surface area contributed by atoms with Crippen LogP contribution in [0.2, 0.25) is 0 Å². The molecule has 0 atom stereocenters. The molecule has 1 N–H and O–H groups in total. The number of halogens is 1. The van der Waals surface area contributed by atoms with Gasteiger partial charge < -0.3 is 14.6 Å². The zero-order chi connectivity index (χ0) is 12.6. The van der Waals surface area contributed by atoms with Crippen LogP contribution in [-0.2, 0) is 14.3 Å². The number of nitrogens with zero attached hydrogens (tertiary/aromatic N) is 1. The molecule has 0 heterocycles. The van der Waals surface area contributed by atoms with E-state index in [9.17, 15) is 4.79 Å². The largest absolute Gasteiger partial charge is 0.477 e. The molecule has 0 aromatic rings. The van der Waals surface area contributed by atoms with Crippen LogP contribution in [0.5, 0.6) is 0 Å². The molecule has 0 aromatic heterocycles. The van der Waals surface area contributed by atoms with Crippen LogP contribution in [-0.4, -0.2) is 37.3 Å². The van der Waals surface area contributed by atoms with E-state index in [0.717, 1.165) is 0 Å². The molecule has 16 heavy (non-hydrogen) atoms. The van der Waals surface area contributed by atoms with Gasteiger partial charge >= 0.3 is 5.97 Å². The zero-order valence-electron chi connectivity index (χ0n) is 9.20. The highest BCUT2D eigenvalue weighted by atomic mass is 79.9. The lowest BCUT2D eigenvalue weighted by Crippen LogP contribution is -2.11. The third-order valence-electron chi connectivity index (χ3n) is 1.47. The Balaban J connectivity index is 4.70. The lowest BCUT2D eigenvalue weighted by atomic mass is 10.4. The molecule has 0 unspecified atom stereocenters. The van der Waals surface area contributed by atoms with Crippen molar-refractivity contribution >= 4 is 27.8 Å². The van der Waals surface area contributed by atoms with Gasteiger partial charge in [-0.05, 0) is 22.9 Å². The minimum Gasteiger partial charge on any atom is -0.477 e. The van der Waals surface area contributed by atoms with Gasteiger partial charge in [0.1, 0.15) is 12.3 Å². The number of rotatable bonds is 6. The molecule has 0 radical (unpaired) electrons. The number of carbonyl (C=O) groups is 1. The number of carboxylic acids is 1. The van der Waals surface area contributed by atoms with E-state index in [1.165, 1.54) is 13.2 Å². The molecule has 0 aliphatic carbocycles. The van der Waals surface area contributed by atoms with E-state index < -0.39 is 5.97 Å². The summed E-state index contributed by atoms with van der Waals surface area (Å²) in [7, 11) is 1.54. The summed E-state index contributed by atoms with van der Waals surface area (Å²) in [4.78, 5) is 14.5. The second kappa shape index (κ2) is 8.06. The maximum Gasteiger partial charge on any atom is 0.354 e. The average molecular weight is 292 g/mol. The monoisotopic (exact) mass is 291 g/mol. The molecule has 90 valence electrons. The van der Waals surface area contributed by atoms with Crippen LogP contribution >= 0.6 is 15.9 Å². The van der Waals surface area contributed by atoms with Gasteiger partial charge in [-0.3, -0.25) is 0 Å². The second-order valence-electron chi connectivity index (χ2n) is 2.64. The quantitative estimate of drug-likeness (QED) is 0.351. The Labute approximate surface area is 103 Å². The number of aliphatic imine (C=N–C) groups is 1. The molecular formula is C10H14BrNO4. The van der Waals surface area contributed by atoms with Gasteiger partial charge in [-0.1, -0.05) is 12.7 Å². The van der Waals surface area contributed by atoms with Crippen LogP contribution in [0.3, 0.4) is 0 Å². The van der Waals surface area contributed by atoms with Gasteiger partial charge in [0.05, 0.1) is 11.1 Å². The van der Waals surface area contributed by atoms with E-state index in [4.69, 9.17) is 14.6 Å². The second-order valence-corrected chi connectivity index (χ2v) is 3.60. The fourth-order valence-electron chi connectivity index (χ4n) is 0.738. The predicted molar refractivity (Wildman–Crippen MR) is 64.7 cm³/mol. The van der Waals surface area contributed by atoms with Crippen molar-refractivity contribution in [2.45, 2.75) is 6.92 Å². The number of allylic oxidation sites excluding steroid dienone is 1. The smallest absolute Gasteiger partial charge is 0.354 e. The molecule has 0 rings (SSSR count). The van der Waals surface area contributed by atoms with Gasteiger partial charge in [0, 0.05) is 7.11 Å². The maximum atomic E-state index is 10.7. The lowest BCUT2D eigenvalue weighted by molar-refractivity contribution is -0.132. The summed E-state index contributed by atoms with van der Waals surface area (Å²) < 4.78 is 10.4. The Kier molecular flexibility index (Phi) is 7.49. The fraction of sp³-hybridized carbons (Fsp3) is 0.400. The first-order valence-corrected chi connectivity index (χ1v) is 5.27. The lowest BCUT2D eigenvalue weighted by Gasteiger charge is -2.07. The third kappa shape index (κ3) is 5.67. The van der Waals surface area contributed by atoms with E-state index >= 15 is 0 Å². The fourth-order valence-corrected chi connectivity index (χ4v) is 0.941. The van der Waals surface area contributed by atoms with Gasteiger partial charge in [0.15, 0.2) is 0 Å². The summed E-state index contributed by atoms with van der Waals surface area (Å²) in [6, 6.07) is 0. The predicted octanol–water partition coefficient (Wildman–Crippen LogP) is 1.94. The van der Waals surface area contributed by atoms with Crippen LogP contribution in [0.15, 0.2) is 27.8 Å². The summed E-state index contributed by atoms with van der Waals surface area (Å²) in [5, 5.41) is 8.77. The van der Waals surface area contributed by atoms with E-state index in [1.807, 2.05) is 0 Å². The van der Waals surface area contributed by atoms with E-state index in [0.29, 0.717) is 11.1 Å². The number of hydrogen-bond acceptors (Lipinski definition) is 4. The minimum absolute atomic E-state index is 0.104. The van der Waals surface area contributed by atoms with E-state index in [1.54, 1.807) is 6.92 Å². The molecule has 0 aromatic carbocycles. The number of carboxylic acid groups (broad SMARTS) is 1. The van der Waals surface area contributed by atoms with Gasteiger partial charge in [-0.2, -0.15) is 0 Å². The highest BCUT2D eigenvalue weighted by Gasteiger charge is 2.09. The normalized spacial score (nSPS) is 12.4. The Morgan fingerprint density at radius 1 is 1.56 bits per heavy atom. The summed E-state index contributed by atoms with van der Waals surface area (Å²) >= 11 is 3.09. The van der Waals surface area contributed by atoms with Crippen molar-refractivity contribution in [3.8, 4) is 0 Å². The van der Waals surface area contributed by atoms with Crippen LogP contribution in [0.4, 0.5) is 0 Å². The first-order chi connectivity index (χ1) is 7.52. The Hall–Kier alpha value is -1.14. The van der Waals surface area contributed by atoms with Crippen molar-refractivity contribution in [3.05, 3.63) is 22.8 Å². The topological polar surface area (TPSA) is 68.1 Å². The molecule has 0 aliphatic rings. The number of methoxy groups -OCH3 is 1. The van der Waals surface area contributed by atoms with Crippen molar-refractivity contribution in [2.75, 3.05) is 20.3 Å². The van der Waals surface area contributed by atoms with Crippen LogP contribution in [0.1, 0.15) is 6.92 Å². The van der Waals surface area contributed by atoms with Gasteiger partial charge in [-0.15, -0.1) is 0 Å². The third-order valence-corrected chi connectivity index (χ3v) is 1.81. The molecule has 6 heteroatoms. The van der Waals surface area contributed by atoms with E-state index in [-0.39, 0.29) is 18.2 Å². The standard InChI is InChI=1S/C10H14BrNO4/c1-4-8(10(13)14)12-9(7(2)11)16-6-5-15-3/h4H,2,5-6H2,1,3H3,(H,13,14)/b8-4-,12-9?. The molecule has 0 aliphatic heterocycles. The zero-order valence-corrected chi connectivity index (χ0v) is 10.8. The van der Waals surface area contributed by atoms with Gasteiger partial charge in [0.2, 0.25) is 5.90 Å². The number of hydrogen-bond donors (Lipinski definition) is 1. The van der Waals surface area contributed by atoms with Crippen molar-refractivity contribution < 1.29 is 19.4 Å². The Morgan fingerprint density at radius 2 is 2.19 bits per heavy atom. The minimum atomic E-state index is -1.12.